The first-order valence-corrected chi connectivity index (χ1v) is 5.84. The maximum Gasteiger partial charge on any atom is 0.0291 e. The van der Waals surface area contributed by atoms with Gasteiger partial charge in [-0.1, -0.05) is 25.5 Å². The van der Waals surface area contributed by atoms with Crippen LogP contribution in [0.5, 0.6) is 0 Å². The number of hydrogen-bond donors (Lipinski definition) is 0. The molecule has 1 aromatic heterocycles. The van der Waals surface area contributed by atoms with Crippen molar-refractivity contribution in [1.82, 2.24) is 4.98 Å². The van der Waals surface area contributed by atoms with Crippen LogP contribution in [-0.2, 0) is 25.5 Å². The summed E-state index contributed by atoms with van der Waals surface area (Å²) in [5.74, 6) is 0. The summed E-state index contributed by atoms with van der Waals surface area (Å²) in [5.41, 5.74) is 4.82. The van der Waals surface area contributed by atoms with Crippen molar-refractivity contribution in [2.24, 2.45) is 0 Å². The summed E-state index contributed by atoms with van der Waals surface area (Å²) in [6.45, 7) is 4.46. The number of hydrogen-bond acceptors (Lipinski definition) is 1. The molecule has 0 atom stereocenters. The molecular weight excluding hydrogens is 398 g/mol. The number of fused-ring (bicyclic) bond motifs is 1. The molecule has 1 aliphatic carbocycles. The molecule has 93 valence electrons. The van der Waals surface area contributed by atoms with E-state index in [1.807, 2.05) is 24.4 Å². The first-order valence-electron chi connectivity index (χ1n) is 5.84. The molecule has 1 radical (unpaired) electrons. The molecule has 0 saturated carbocycles. The maximum absolute atomic E-state index is 4.44. The van der Waals surface area contributed by atoms with Crippen molar-refractivity contribution < 1.29 is 20.1 Å². The smallest absolute Gasteiger partial charge is 0.0291 e. The summed E-state index contributed by atoms with van der Waals surface area (Å²) in [6.07, 6.45) is 4.13. The Kier molecular flexibility index (Phi) is 3.52. The van der Waals surface area contributed by atoms with E-state index in [9.17, 15) is 0 Å². The SMILES string of the molecule is CC1(C)C=C(c2ccccn2)c2[c-]cccc21.[Ir]. The molecule has 1 heterocycles. The third-order valence-electron chi connectivity index (χ3n) is 3.27. The zero-order valence-corrected chi connectivity index (χ0v) is 12.8. The zero-order valence-electron chi connectivity index (χ0n) is 10.4. The Morgan fingerprint density at radius 3 is 2.67 bits per heavy atom. The zero-order chi connectivity index (χ0) is 11.9. The summed E-state index contributed by atoms with van der Waals surface area (Å²) in [7, 11) is 0. The van der Waals surface area contributed by atoms with Crippen molar-refractivity contribution in [3.8, 4) is 0 Å². The van der Waals surface area contributed by atoms with Crippen LogP contribution in [-0.4, -0.2) is 4.98 Å². The molecule has 1 aromatic carbocycles. The van der Waals surface area contributed by atoms with Crippen LogP contribution in [0.2, 0.25) is 0 Å². The van der Waals surface area contributed by atoms with Gasteiger partial charge in [0.2, 0.25) is 0 Å². The Labute approximate surface area is 121 Å². The van der Waals surface area contributed by atoms with Crippen LogP contribution in [0.15, 0.2) is 48.7 Å². The number of nitrogens with zero attached hydrogens (tertiary/aromatic N) is 1. The Hall–Kier alpha value is -1.24. The van der Waals surface area contributed by atoms with Crippen LogP contribution in [0.4, 0.5) is 0 Å². The van der Waals surface area contributed by atoms with E-state index in [2.05, 4.69) is 49.2 Å². The molecule has 0 saturated heterocycles. The summed E-state index contributed by atoms with van der Waals surface area (Å²) in [5, 5.41) is 0. The molecule has 1 nitrogen and oxygen atoms in total. The van der Waals surface area contributed by atoms with E-state index in [4.69, 9.17) is 0 Å². The molecule has 0 spiro atoms. The van der Waals surface area contributed by atoms with Gasteiger partial charge in [0.25, 0.3) is 0 Å². The summed E-state index contributed by atoms with van der Waals surface area (Å²) < 4.78 is 0. The van der Waals surface area contributed by atoms with Gasteiger partial charge >= 0.3 is 0 Å². The summed E-state index contributed by atoms with van der Waals surface area (Å²) in [4.78, 5) is 4.44. The number of benzene rings is 1. The summed E-state index contributed by atoms with van der Waals surface area (Å²) >= 11 is 0. The number of rotatable bonds is 1. The average molecular weight is 413 g/mol. The van der Waals surface area contributed by atoms with E-state index < -0.39 is 0 Å². The standard InChI is InChI=1S/C16H14N.Ir/c1-16(2)11-13(15-9-5-6-10-17-15)12-7-3-4-8-14(12)16;/h3-6,8-11H,1-2H3;/q-1;. The maximum atomic E-state index is 4.44. The first kappa shape index (κ1) is 13.2. The van der Waals surface area contributed by atoms with Gasteiger partial charge < -0.3 is 0 Å². The second-order valence-electron chi connectivity index (χ2n) is 4.95. The third-order valence-corrected chi connectivity index (χ3v) is 3.27. The van der Waals surface area contributed by atoms with E-state index in [1.54, 1.807) is 0 Å². The first-order chi connectivity index (χ1) is 8.18. The van der Waals surface area contributed by atoms with Gasteiger partial charge in [-0.25, -0.2) is 0 Å². The Bertz CT molecular complexity index is 585. The quantitative estimate of drug-likeness (QED) is 0.653. The van der Waals surface area contributed by atoms with E-state index >= 15 is 0 Å². The van der Waals surface area contributed by atoms with Crippen molar-refractivity contribution in [2.45, 2.75) is 19.3 Å². The van der Waals surface area contributed by atoms with E-state index in [-0.39, 0.29) is 25.5 Å². The van der Waals surface area contributed by atoms with Crippen molar-refractivity contribution in [2.75, 3.05) is 0 Å². The minimum absolute atomic E-state index is 0. The Morgan fingerprint density at radius 2 is 1.94 bits per heavy atom. The van der Waals surface area contributed by atoms with Gasteiger partial charge in [0.15, 0.2) is 0 Å². The van der Waals surface area contributed by atoms with Crippen LogP contribution in [0.3, 0.4) is 0 Å². The van der Waals surface area contributed by atoms with Gasteiger partial charge in [0, 0.05) is 32.0 Å². The predicted octanol–water partition coefficient (Wildman–Crippen LogP) is 3.60. The molecule has 0 amide bonds. The Morgan fingerprint density at radius 1 is 1.11 bits per heavy atom. The Balaban J connectivity index is 0.00000120. The molecule has 0 aliphatic heterocycles. The normalized spacial score (nSPS) is 15.6. The van der Waals surface area contributed by atoms with Crippen LogP contribution < -0.4 is 0 Å². The van der Waals surface area contributed by atoms with Crippen LogP contribution >= 0.6 is 0 Å². The van der Waals surface area contributed by atoms with Crippen molar-refractivity contribution in [3.05, 3.63) is 71.6 Å². The molecule has 2 aromatic rings. The third kappa shape index (κ3) is 2.07. The fourth-order valence-electron chi connectivity index (χ4n) is 2.43. The predicted molar refractivity (Wildman–Crippen MR) is 69.6 cm³/mol. The average Bonchev–Trinajstić information content (AvgIpc) is 2.64. The van der Waals surface area contributed by atoms with Gasteiger partial charge in [-0.3, -0.25) is 4.98 Å². The molecule has 0 fully saturated rings. The van der Waals surface area contributed by atoms with Crippen LogP contribution in [0.1, 0.15) is 30.7 Å². The fraction of sp³-hybridized carbons (Fsp3) is 0.188. The van der Waals surface area contributed by atoms with E-state index in [0.29, 0.717) is 0 Å². The number of aromatic nitrogens is 1. The van der Waals surface area contributed by atoms with E-state index in [0.717, 1.165) is 5.69 Å². The fourth-order valence-corrected chi connectivity index (χ4v) is 2.43. The topological polar surface area (TPSA) is 12.9 Å². The second-order valence-corrected chi connectivity index (χ2v) is 4.95. The molecule has 18 heavy (non-hydrogen) atoms. The molecule has 0 N–H and O–H groups in total. The van der Waals surface area contributed by atoms with Crippen LogP contribution in [0.25, 0.3) is 5.57 Å². The molecular formula is C16H14IrN-. The van der Waals surface area contributed by atoms with Crippen molar-refractivity contribution >= 4 is 5.57 Å². The molecule has 1 aliphatic rings. The minimum atomic E-state index is 0. The molecule has 0 bridgehead atoms. The van der Waals surface area contributed by atoms with Crippen LogP contribution in [0, 0.1) is 6.07 Å². The number of allylic oxidation sites excluding steroid dienone is 1. The van der Waals surface area contributed by atoms with Crippen molar-refractivity contribution in [3.63, 3.8) is 0 Å². The van der Waals surface area contributed by atoms with E-state index in [1.165, 1.54) is 16.7 Å². The minimum Gasteiger partial charge on any atom is -0.266 e. The number of pyridine rings is 1. The summed E-state index contributed by atoms with van der Waals surface area (Å²) in [6, 6.07) is 15.6. The van der Waals surface area contributed by atoms with Gasteiger partial charge in [-0.2, -0.15) is 0 Å². The van der Waals surface area contributed by atoms with Gasteiger partial charge in [0.05, 0.1) is 0 Å². The molecule has 0 unspecified atom stereocenters. The monoisotopic (exact) mass is 413 g/mol. The van der Waals surface area contributed by atoms with Crippen molar-refractivity contribution in [1.29, 1.82) is 0 Å². The van der Waals surface area contributed by atoms with Gasteiger partial charge in [-0.15, -0.1) is 41.5 Å². The second kappa shape index (κ2) is 4.79. The van der Waals surface area contributed by atoms with Gasteiger partial charge in [0.1, 0.15) is 0 Å². The molecule has 3 rings (SSSR count). The molecule has 2 heteroatoms. The van der Waals surface area contributed by atoms with Gasteiger partial charge in [-0.05, 0) is 17.5 Å². The largest absolute Gasteiger partial charge is 0.266 e.